The predicted octanol–water partition coefficient (Wildman–Crippen LogP) is 4.42. The van der Waals surface area contributed by atoms with Crippen molar-refractivity contribution < 1.29 is 0 Å². The second kappa shape index (κ2) is 4.04. The molecule has 0 saturated carbocycles. The predicted molar refractivity (Wildman–Crippen MR) is 67.3 cm³/mol. The lowest BCUT2D eigenvalue weighted by Gasteiger charge is -2.00. The Morgan fingerprint density at radius 3 is 1.50 bits per heavy atom. The Bertz CT molecular complexity index is 233. The first-order valence-electron chi connectivity index (χ1n) is 2.42. The molecule has 0 aliphatic heterocycles. The maximum atomic E-state index is 3.47. The first kappa shape index (κ1) is 9.73. The molecule has 0 unspecified atom stereocenters. The number of hydrogen-bond acceptors (Lipinski definition) is 0. The summed E-state index contributed by atoms with van der Waals surface area (Å²) in [5.41, 5.74) is 0. The van der Waals surface area contributed by atoms with Gasteiger partial charge in [-0.3, -0.25) is 0 Å². The van der Waals surface area contributed by atoms with Gasteiger partial charge in [0.05, 0.1) is 0 Å². The molecule has 0 aromatic heterocycles. The first-order valence-corrected chi connectivity index (χ1v) is 6.16. The Labute approximate surface area is 104 Å². The van der Waals surface area contributed by atoms with Crippen LogP contribution in [-0.4, -0.2) is 0 Å². The molecule has 0 radical (unpaired) electrons. The third-order valence-electron chi connectivity index (χ3n) is 0.988. The maximum Gasteiger partial charge on any atom is 0.0461 e. The summed E-state index contributed by atoms with van der Waals surface area (Å²) in [6.45, 7) is 0. The van der Waals surface area contributed by atoms with Crippen molar-refractivity contribution in [1.29, 1.82) is 0 Å². The molecule has 4 heteroatoms. The van der Waals surface area contributed by atoms with Crippen LogP contribution in [0.5, 0.6) is 0 Å². The maximum absolute atomic E-state index is 3.47. The van der Waals surface area contributed by atoms with Gasteiger partial charge in [-0.2, -0.15) is 0 Å². The fraction of sp³-hybridized carbons (Fsp3) is 0. The molecule has 1 aromatic rings. The van der Waals surface area contributed by atoms with E-state index in [1.54, 1.807) is 0 Å². The van der Waals surface area contributed by atoms with Crippen molar-refractivity contribution in [2.24, 2.45) is 0 Å². The monoisotopic (exact) mass is 486 g/mol. The van der Waals surface area contributed by atoms with Crippen LogP contribution in [0, 0.1) is 7.14 Å². The molecule has 0 atom stereocenters. The van der Waals surface area contributed by atoms with Gasteiger partial charge < -0.3 is 0 Å². The van der Waals surface area contributed by atoms with Crippen LogP contribution < -0.4 is 0 Å². The molecule has 0 aliphatic rings. The molecular weight excluding hydrogens is 486 g/mol. The lowest BCUT2D eigenvalue weighted by Crippen LogP contribution is -1.79. The first-order chi connectivity index (χ1) is 4.63. The Hall–Kier alpha value is 1.64. The van der Waals surface area contributed by atoms with Gasteiger partial charge in [0.25, 0.3) is 0 Å². The zero-order valence-corrected chi connectivity index (χ0v) is 12.2. The molecule has 0 amide bonds. The fourth-order valence-electron chi connectivity index (χ4n) is 0.502. The molecular formula is C6H2Br2I2. The van der Waals surface area contributed by atoms with E-state index in [4.69, 9.17) is 0 Å². The SMILES string of the molecule is Brc1c(I)ccc(I)c1Br. The standard InChI is InChI=1S/C6H2Br2I2/c7-5-3(9)1-2-4(10)6(5)8/h1-2H. The molecule has 0 fully saturated rings. The number of hydrogen-bond donors (Lipinski definition) is 0. The average molecular weight is 488 g/mol. The average Bonchev–Trinajstić information content (AvgIpc) is 1.93. The van der Waals surface area contributed by atoms with Gasteiger partial charge in [0.2, 0.25) is 0 Å². The minimum Gasteiger partial charge on any atom is -0.0484 e. The van der Waals surface area contributed by atoms with E-state index in [2.05, 4.69) is 89.2 Å². The van der Waals surface area contributed by atoms with Gasteiger partial charge in [-0.05, 0) is 89.2 Å². The molecule has 54 valence electrons. The van der Waals surface area contributed by atoms with Crippen molar-refractivity contribution in [3.8, 4) is 0 Å². The van der Waals surface area contributed by atoms with Gasteiger partial charge in [-0.1, -0.05) is 0 Å². The zero-order valence-electron chi connectivity index (χ0n) is 4.67. The quantitative estimate of drug-likeness (QED) is 0.289. The van der Waals surface area contributed by atoms with Crippen LogP contribution in [-0.2, 0) is 0 Å². The van der Waals surface area contributed by atoms with Gasteiger partial charge in [0.1, 0.15) is 0 Å². The molecule has 0 bridgehead atoms. The summed E-state index contributed by atoms with van der Waals surface area (Å²) in [5, 5.41) is 0. The highest BCUT2D eigenvalue weighted by atomic mass is 127. The minimum atomic E-state index is 1.14. The van der Waals surface area contributed by atoms with E-state index in [-0.39, 0.29) is 0 Å². The summed E-state index contributed by atoms with van der Waals surface area (Å²) in [5.74, 6) is 0. The smallest absolute Gasteiger partial charge is 0.0461 e. The van der Waals surface area contributed by atoms with Crippen LogP contribution >= 0.6 is 77.0 Å². The highest BCUT2D eigenvalue weighted by molar-refractivity contribution is 14.1. The van der Waals surface area contributed by atoms with Crippen molar-refractivity contribution in [1.82, 2.24) is 0 Å². The van der Waals surface area contributed by atoms with E-state index in [9.17, 15) is 0 Å². The van der Waals surface area contributed by atoms with Crippen molar-refractivity contribution in [3.63, 3.8) is 0 Å². The third-order valence-corrected chi connectivity index (χ3v) is 6.45. The van der Waals surface area contributed by atoms with Gasteiger partial charge >= 0.3 is 0 Å². The van der Waals surface area contributed by atoms with E-state index in [1.165, 1.54) is 7.14 Å². The summed E-state index contributed by atoms with van der Waals surface area (Å²) in [7, 11) is 0. The lowest BCUT2D eigenvalue weighted by atomic mass is 10.4. The molecule has 1 aromatic carbocycles. The molecule has 0 nitrogen and oxygen atoms in total. The van der Waals surface area contributed by atoms with Gasteiger partial charge in [-0.15, -0.1) is 0 Å². The molecule has 0 heterocycles. The molecule has 0 aliphatic carbocycles. The van der Waals surface area contributed by atoms with E-state index in [0.29, 0.717) is 0 Å². The molecule has 0 N–H and O–H groups in total. The summed E-state index contributed by atoms with van der Waals surface area (Å²) in [6, 6.07) is 4.16. The van der Waals surface area contributed by atoms with E-state index in [1.807, 2.05) is 0 Å². The van der Waals surface area contributed by atoms with Crippen molar-refractivity contribution >= 4 is 77.0 Å². The largest absolute Gasteiger partial charge is 0.0484 e. The van der Waals surface area contributed by atoms with E-state index in [0.717, 1.165) is 8.95 Å². The van der Waals surface area contributed by atoms with Gasteiger partial charge in [0.15, 0.2) is 0 Å². The molecule has 0 saturated heterocycles. The van der Waals surface area contributed by atoms with Crippen LogP contribution in [0.25, 0.3) is 0 Å². The van der Waals surface area contributed by atoms with Crippen LogP contribution in [0.4, 0.5) is 0 Å². The normalized spacial score (nSPS) is 10.0. The van der Waals surface area contributed by atoms with Crippen LogP contribution in [0.2, 0.25) is 0 Å². The van der Waals surface area contributed by atoms with Crippen molar-refractivity contribution in [3.05, 3.63) is 28.2 Å². The number of benzene rings is 1. The van der Waals surface area contributed by atoms with E-state index >= 15 is 0 Å². The van der Waals surface area contributed by atoms with Crippen molar-refractivity contribution in [2.75, 3.05) is 0 Å². The number of halogens is 4. The second-order valence-corrected chi connectivity index (χ2v) is 5.57. The lowest BCUT2D eigenvalue weighted by molar-refractivity contribution is 1.49. The van der Waals surface area contributed by atoms with Crippen LogP contribution in [0.3, 0.4) is 0 Å². The Kier molecular flexibility index (Phi) is 3.93. The van der Waals surface area contributed by atoms with Crippen LogP contribution in [0.1, 0.15) is 0 Å². The summed E-state index contributed by atoms with van der Waals surface area (Å²) >= 11 is 11.5. The molecule has 0 spiro atoms. The highest BCUT2D eigenvalue weighted by Crippen LogP contribution is 2.31. The highest BCUT2D eigenvalue weighted by Gasteiger charge is 2.03. The van der Waals surface area contributed by atoms with Gasteiger partial charge in [-0.25, -0.2) is 0 Å². The number of rotatable bonds is 0. The molecule has 1 rings (SSSR count). The minimum absolute atomic E-state index is 1.14. The van der Waals surface area contributed by atoms with Crippen LogP contribution in [0.15, 0.2) is 21.1 Å². The second-order valence-electron chi connectivity index (χ2n) is 1.66. The molecule has 10 heavy (non-hydrogen) atoms. The Morgan fingerprint density at radius 1 is 0.900 bits per heavy atom. The van der Waals surface area contributed by atoms with Crippen molar-refractivity contribution in [2.45, 2.75) is 0 Å². The van der Waals surface area contributed by atoms with Gasteiger partial charge in [0, 0.05) is 16.1 Å². The zero-order chi connectivity index (χ0) is 7.72. The fourth-order valence-corrected chi connectivity index (χ4v) is 2.83. The summed E-state index contributed by atoms with van der Waals surface area (Å²) in [6.07, 6.45) is 0. The Morgan fingerprint density at radius 2 is 1.20 bits per heavy atom. The van der Waals surface area contributed by atoms with E-state index < -0.39 is 0 Å². The Balaban J connectivity index is 3.34. The third kappa shape index (κ3) is 2.07. The summed E-state index contributed by atoms with van der Waals surface area (Å²) in [4.78, 5) is 0. The summed E-state index contributed by atoms with van der Waals surface area (Å²) < 4.78 is 4.73. The topological polar surface area (TPSA) is 0 Å².